The maximum atomic E-state index is 4.32. The molecule has 2 heterocycles. The van der Waals surface area contributed by atoms with E-state index in [4.69, 9.17) is 0 Å². The largest absolute Gasteiger partial charge is 0.272 e. The van der Waals surface area contributed by atoms with Gasteiger partial charge < -0.3 is 0 Å². The molecule has 2 rings (SSSR count). The van der Waals surface area contributed by atoms with Crippen molar-refractivity contribution < 1.29 is 0 Å². The van der Waals surface area contributed by atoms with Gasteiger partial charge in [-0.15, -0.1) is 0 Å². The molecule has 0 radical (unpaired) electrons. The minimum atomic E-state index is 0.816. The van der Waals surface area contributed by atoms with E-state index in [9.17, 15) is 0 Å². The molecular weight excluding hydrogens is 208 g/mol. The summed E-state index contributed by atoms with van der Waals surface area (Å²) in [6, 6.07) is 3.90. The van der Waals surface area contributed by atoms with Crippen LogP contribution in [0, 0.1) is 6.92 Å². The molecule has 0 saturated heterocycles. The Morgan fingerprint density at radius 3 is 2.87 bits per heavy atom. The molecule has 5 heteroatoms. The zero-order valence-corrected chi connectivity index (χ0v) is 9.53. The summed E-state index contributed by atoms with van der Waals surface area (Å²) in [5.74, 6) is 0.847. The Kier molecular flexibility index (Phi) is 3.01. The lowest BCUT2D eigenvalue weighted by atomic mass is 10.5. The summed E-state index contributed by atoms with van der Waals surface area (Å²) in [6.45, 7) is 1.97. The number of aromatic nitrogens is 4. The fourth-order valence-electron chi connectivity index (χ4n) is 1.18. The molecule has 0 saturated carbocycles. The van der Waals surface area contributed by atoms with Crippen LogP contribution in [0.3, 0.4) is 0 Å². The van der Waals surface area contributed by atoms with Crippen molar-refractivity contribution >= 4 is 11.8 Å². The van der Waals surface area contributed by atoms with E-state index in [1.165, 1.54) is 5.69 Å². The normalized spacial score (nSPS) is 10.5. The Balaban J connectivity index is 2.02. The van der Waals surface area contributed by atoms with Crippen LogP contribution in [-0.4, -0.2) is 19.7 Å². The Labute approximate surface area is 92.8 Å². The highest BCUT2D eigenvalue weighted by Crippen LogP contribution is 2.17. The maximum Gasteiger partial charge on any atom is 0.188 e. The molecule has 15 heavy (non-hydrogen) atoms. The molecule has 0 aliphatic rings. The fraction of sp³-hybridized carbons (Fsp3) is 0.300. The highest BCUT2D eigenvalue weighted by Gasteiger charge is 2.02. The van der Waals surface area contributed by atoms with Crippen LogP contribution in [-0.2, 0) is 12.8 Å². The lowest BCUT2D eigenvalue weighted by Crippen LogP contribution is -1.96. The van der Waals surface area contributed by atoms with Gasteiger partial charge in [-0.1, -0.05) is 11.8 Å². The number of rotatable bonds is 3. The first-order valence-electron chi connectivity index (χ1n) is 4.65. The summed E-state index contributed by atoms with van der Waals surface area (Å²) in [5, 5.41) is 4.92. The summed E-state index contributed by atoms with van der Waals surface area (Å²) >= 11 is 1.62. The van der Waals surface area contributed by atoms with E-state index in [-0.39, 0.29) is 0 Å². The summed E-state index contributed by atoms with van der Waals surface area (Å²) in [4.78, 5) is 8.52. The molecule has 0 aliphatic carbocycles. The van der Waals surface area contributed by atoms with Crippen molar-refractivity contribution in [3.05, 3.63) is 35.9 Å². The average molecular weight is 220 g/mol. The van der Waals surface area contributed by atoms with Gasteiger partial charge in [-0.25, -0.2) is 9.97 Å². The zero-order chi connectivity index (χ0) is 10.7. The van der Waals surface area contributed by atoms with E-state index in [0.717, 1.165) is 16.6 Å². The predicted octanol–water partition coefficient (Wildman–Crippen LogP) is 1.81. The molecule has 0 fully saturated rings. The summed E-state index contributed by atoms with van der Waals surface area (Å²) in [5.41, 5.74) is 2.17. The molecule has 4 nitrogen and oxygen atoms in total. The molecule has 0 amide bonds. The van der Waals surface area contributed by atoms with Crippen molar-refractivity contribution in [3.8, 4) is 0 Å². The fourth-order valence-corrected chi connectivity index (χ4v) is 2.08. The predicted molar refractivity (Wildman–Crippen MR) is 59.5 cm³/mol. The Hall–Kier alpha value is -1.36. The summed E-state index contributed by atoms with van der Waals surface area (Å²) in [6.07, 6.45) is 3.58. The third-order valence-corrected chi connectivity index (χ3v) is 2.94. The monoisotopic (exact) mass is 220 g/mol. The topological polar surface area (TPSA) is 43.6 Å². The number of hydrogen-bond acceptors (Lipinski definition) is 4. The molecule has 2 aromatic heterocycles. The van der Waals surface area contributed by atoms with Crippen molar-refractivity contribution in [2.24, 2.45) is 7.05 Å². The van der Waals surface area contributed by atoms with Gasteiger partial charge in [0.2, 0.25) is 0 Å². The lowest BCUT2D eigenvalue weighted by Gasteiger charge is -2.01. The second-order valence-corrected chi connectivity index (χ2v) is 4.16. The maximum absolute atomic E-state index is 4.32. The van der Waals surface area contributed by atoms with Crippen LogP contribution < -0.4 is 0 Å². The van der Waals surface area contributed by atoms with Crippen LogP contribution in [0.2, 0.25) is 0 Å². The first-order chi connectivity index (χ1) is 7.25. The van der Waals surface area contributed by atoms with Gasteiger partial charge in [0, 0.05) is 36.6 Å². The van der Waals surface area contributed by atoms with Gasteiger partial charge in [0.25, 0.3) is 0 Å². The first-order valence-corrected chi connectivity index (χ1v) is 5.63. The van der Waals surface area contributed by atoms with Crippen molar-refractivity contribution in [1.29, 1.82) is 0 Å². The quantitative estimate of drug-likeness (QED) is 0.584. The van der Waals surface area contributed by atoms with E-state index >= 15 is 0 Å². The van der Waals surface area contributed by atoms with E-state index < -0.39 is 0 Å². The van der Waals surface area contributed by atoms with Crippen molar-refractivity contribution in [2.75, 3.05) is 0 Å². The molecule has 0 aromatic carbocycles. The van der Waals surface area contributed by atoms with Gasteiger partial charge in [0.05, 0.1) is 0 Å². The van der Waals surface area contributed by atoms with Crippen molar-refractivity contribution in [1.82, 2.24) is 19.7 Å². The number of aryl methyl sites for hydroxylation is 2. The minimum Gasteiger partial charge on any atom is -0.272 e. The smallest absolute Gasteiger partial charge is 0.188 e. The number of nitrogens with zero attached hydrogens (tertiary/aromatic N) is 4. The Morgan fingerprint density at radius 1 is 1.33 bits per heavy atom. The van der Waals surface area contributed by atoms with Gasteiger partial charge >= 0.3 is 0 Å². The highest BCUT2D eigenvalue weighted by molar-refractivity contribution is 7.98. The molecule has 78 valence electrons. The van der Waals surface area contributed by atoms with E-state index in [1.807, 2.05) is 30.8 Å². The molecule has 0 spiro atoms. The molecule has 0 bridgehead atoms. The van der Waals surface area contributed by atoms with Crippen LogP contribution in [0.15, 0.2) is 29.7 Å². The molecular formula is C10H12N4S. The van der Waals surface area contributed by atoms with Gasteiger partial charge in [-0.3, -0.25) is 4.68 Å². The van der Waals surface area contributed by atoms with Gasteiger partial charge in [0.15, 0.2) is 5.16 Å². The van der Waals surface area contributed by atoms with Crippen LogP contribution in [0.4, 0.5) is 0 Å². The lowest BCUT2D eigenvalue weighted by molar-refractivity contribution is 0.735. The van der Waals surface area contributed by atoms with E-state index in [1.54, 1.807) is 24.2 Å². The molecule has 0 atom stereocenters. The second-order valence-electron chi connectivity index (χ2n) is 3.22. The van der Waals surface area contributed by atoms with Crippen molar-refractivity contribution in [3.63, 3.8) is 0 Å². The van der Waals surface area contributed by atoms with Crippen LogP contribution in [0.1, 0.15) is 11.4 Å². The molecule has 0 unspecified atom stereocenters. The summed E-state index contributed by atoms with van der Waals surface area (Å²) < 4.78 is 1.86. The molecule has 0 aliphatic heterocycles. The third-order valence-electron chi connectivity index (χ3n) is 2.04. The van der Waals surface area contributed by atoms with Crippen LogP contribution in [0.25, 0.3) is 0 Å². The SMILES string of the molecule is Cc1ccnc(SCc2ccnn2C)n1. The Bertz CT molecular complexity index is 452. The van der Waals surface area contributed by atoms with E-state index in [0.29, 0.717) is 0 Å². The van der Waals surface area contributed by atoms with Crippen molar-refractivity contribution in [2.45, 2.75) is 17.8 Å². The second kappa shape index (κ2) is 4.44. The minimum absolute atomic E-state index is 0.816. The van der Waals surface area contributed by atoms with E-state index in [2.05, 4.69) is 15.1 Å². The average Bonchev–Trinajstić information content (AvgIpc) is 2.61. The zero-order valence-electron chi connectivity index (χ0n) is 8.71. The summed E-state index contributed by atoms with van der Waals surface area (Å²) in [7, 11) is 1.94. The van der Waals surface area contributed by atoms with Gasteiger partial charge in [-0.2, -0.15) is 5.10 Å². The highest BCUT2D eigenvalue weighted by atomic mass is 32.2. The first kappa shape index (κ1) is 10.2. The third kappa shape index (κ3) is 2.56. The van der Waals surface area contributed by atoms with Gasteiger partial charge in [0.1, 0.15) is 0 Å². The Morgan fingerprint density at radius 2 is 2.20 bits per heavy atom. The van der Waals surface area contributed by atoms with Crippen LogP contribution in [0.5, 0.6) is 0 Å². The van der Waals surface area contributed by atoms with Crippen LogP contribution >= 0.6 is 11.8 Å². The standard InChI is InChI=1S/C10H12N4S/c1-8-3-5-11-10(13-8)15-7-9-4-6-12-14(9)2/h3-6H,7H2,1-2H3. The van der Waals surface area contributed by atoms with Gasteiger partial charge in [-0.05, 0) is 19.1 Å². The molecule has 0 N–H and O–H groups in total. The number of hydrogen-bond donors (Lipinski definition) is 0. The number of thioether (sulfide) groups is 1. The molecule has 2 aromatic rings.